The summed E-state index contributed by atoms with van der Waals surface area (Å²) in [5.74, 6) is -0.873. The van der Waals surface area contributed by atoms with Gasteiger partial charge in [-0.1, -0.05) is 18.2 Å². The molecule has 0 spiro atoms. The van der Waals surface area contributed by atoms with Gasteiger partial charge in [-0.05, 0) is 48.0 Å². The molecule has 6 nitrogen and oxygen atoms in total. The number of nitrogens with one attached hydrogen (secondary N) is 1. The second kappa shape index (κ2) is 9.57. The molecule has 1 amide bonds. The summed E-state index contributed by atoms with van der Waals surface area (Å²) in [6.07, 6.45) is -0.129. The summed E-state index contributed by atoms with van der Waals surface area (Å²) >= 11 is 3.22. The lowest BCUT2D eigenvalue weighted by molar-refractivity contribution is -0.111. The minimum atomic E-state index is -0.778. The molecule has 0 fully saturated rings. The highest BCUT2D eigenvalue weighted by atomic mass is 79.9. The Kier molecular flexibility index (Phi) is 7.44. The third kappa shape index (κ3) is 4.70. The molecule has 3 rings (SSSR count). The van der Waals surface area contributed by atoms with E-state index < -0.39 is 23.9 Å². The smallest absolute Gasteiger partial charge is 0.277 e. The van der Waals surface area contributed by atoms with Gasteiger partial charge in [0.2, 0.25) is 0 Å². The summed E-state index contributed by atoms with van der Waals surface area (Å²) in [4.78, 5) is 29.5. The summed E-state index contributed by atoms with van der Waals surface area (Å²) < 4.78 is 19.2. The largest absolute Gasteiger partial charge is 0.385 e. The van der Waals surface area contributed by atoms with Crippen LogP contribution >= 0.6 is 15.9 Å². The van der Waals surface area contributed by atoms with Gasteiger partial charge in [-0.15, -0.1) is 0 Å². The maximum atomic E-state index is 14.2. The molecular formula is C19H21BrFN3O3. The normalized spacial score (nSPS) is 16.6. The van der Waals surface area contributed by atoms with E-state index in [0.717, 1.165) is 6.61 Å². The van der Waals surface area contributed by atoms with E-state index in [-0.39, 0.29) is 5.69 Å². The van der Waals surface area contributed by atoms with Gasteiger partial charge in [0, 0.05) is 19.3 Å². The zero-order valence-electron chi connectivity index (χ0n) is 15.3. The van der Waals surface area contributed by atoms with E-state index in [4.69, 9.17) is 0 Å². The minimum Gasteiger partial charge on any atom is -0.385 e. The van der Waals surface area contributed by atoms with Gasteiger partial charge in [-0.25, -0.2) is 9.37 Å². The number of fused-ring (bicyclic) bond motifs is 1. The average Bonchev–Trinajstić information content (AvgIpc) is 2.68. The van der Waals surface area contributed by atoms with Crippen molar-refractivity contribution in [2.24, 2.45) is 0 Å². The topological polar surface area (TPSA) is 71.5 Å². The van der Waals surface area contributed by atoms with Crippen molar-refractivity contribution in [1.29, 1.82) is 0 Å². The Morgan fingerprint density at radius 2 is 2.04 bits per heavy atom. The Morgan fingerprint density at radius 1 is 1.37 bits per heavy atom. The summed E-state index contributed by atoms with van der Waals surface area (Å²) in [5.41, 5.74) is 0.990. The molecule has 2 heterocycles. The van der Waals surface area contributed by atoms with Crippen molar-refractivity contribution in [1.82, 2.24) is 9.88 Å². The van der Waals surface area contributed by atoms with Gasteiger partial charge in [0.15, 0.2) is 5.69 Å². The van der Waals surface area contributed by atoms with Gasteiger partial charge < -0.3 is 19.7 Å². The van der Waals surface area contributed by atoms with Gasteiger partial charge in [-0.3, -0.25) is 4.79 Å². The van der Waals surface area contributed by atoms with Crippen LogP contribution in [-0.4, -0.2) is 41.8 Å². The van der Waals surface area contributed by atoms with E-state index >= 15 is 0 Å². The molecule has 1 aromatic carbocycles. The minimum absolute atomic E-state index is 0.195. The fourth-order valence-corrected chi connectivity index (χ4v) is 2.89. The van der Waals surface area contributed by atoms with Crippen LogP contribution < -0.4 is 5.32 Å². The number of methoxy groups -OCH3 is 1. The van der Waals surface area contributed by atoms with Crippen LogP contribution in [0.4, 0.5) is 10.1 Å². The number of ether oxygens (including phenoxy) is 1. The van der Waals surface area contributed by atoms with Crippen LogP contribution in [0.3, 0.4) is 0 Å². The van der Waals surface area contributed by atoms with Crippen molar-refractivity contribution < 1.29 is 18.7 Å². The van der Waals surface area contributed by atoms with Gasteiger partial charge in [0.1, 0.15) is 22.9 Å². The molecule has 0 radical (unpaired) electrons. The lowest BCUT2D eigenvalue weighted by Crippen LogP contribution is -2.49. The predicted molar refractivity (Wildman–Crippen MR) is 104 cm³/mol. The molecule has 0 bridgehead atoms. The van der Waals surface area contributed by atoms with Crippen molar-refractivity contribution >= 4 is 33.8 Å². The predicted octanol–water partition coefficient (Wildman–Crippen LogP) is 3.79. The van der Waals surface area contributed by atoms with Crippen LogP contribution in [0.2, 0.25) is 0 Å². The number of hydrogen-bond acceptors (Lipinski definition) is 5. The lowest BCUT2D eigenvalue weighted by atomic mass is 10.0. The van der Waals surface area contributed by atoms with E-state index in [2.05, 4.69) is 31.0 Å². The molecule has 1 aromatic heterocycles. The van der Waals surface area contributed by atoms with Crippen molar-refractivity contribution in [3.8, 4) is 0 Å². The highest BCUT2D eigenvalue weighted by Crippen LogP contribution is 2.34. The van der Waals surface area contributed by atoms with Crippen LogP contribution in [0.5, 0.6) is 0 Å². The first-order chi connectivity index (χ1) is 12.9. The Labute approximate surface area is 165 Å². The SMILES string of the molecule is CC(C=O)N1C(=O)c2nc(Br)ccc2NC1c1ccccc1F.CCOC. The first-order valence-electron chi connectivity index (χ1n) is 8.39. The molecule has 1 aliphatic heterocycles. The Balaban J connectivity index is 0.000000596. The van der Waals surface area contributed by atoms with Crippen LogP contribution in [0.25, 0.3) is 0 Å². The van der Waals surface area contributed by atoms with Gasteiger partial charge in [0.25, 0.3) is 5.91 Å². The highest BCUT2D eigenvalue weighted by Gasteiger charge is 2.38. The number of hydrogen-bond donors (Lipinski definition) is 1. The van der Waals surface area contributed by atoms with E-state index in [1.807, 2.05) is 6.92 Å². The quantitative estimate of drug-likeness (QED) is 0.581. The molecular weight excluding hydrogens is 417 g/mol. The number of carbonyl (C=O) groups excluding carboxylic acids is 2. The zero-order chi connectivity index (χ0) is 20.0. The van der Waals surface area contributed by atoms with Crippen LogP contribution in [0.1, 0.15) is 36.1 Å². The summed E-state index contributed by atoms with van der Waals surface area (Å²) in [5, 5.41) is 3.10. The number of carbonyl (C=O) groups is 2. The van der Waals surface area contributed by atoms with Crippen molar-refractivity contribution in [3.05, 3.63) is 58.1 Å². The Bertz CT molecular complexity index is 817. The van der Waals surface area contributed by atoms with Crippen molar-refractivity contribution in [2.75, 3.05) is 19.0 Å². The molecule has 2 unspecified atom stereocenters. The van der Waals surface area contributed by atoms with Gasteiger partial charge in [-0.2, -0.15) is 0 Å². The molecule has 27 heavy (non-hydrogen) atoms. The average molecular weight is 438 g/mol. The van der Waals surface area contributed by atoms with Crippen LogP contribution in [-0.2, 0) is 9.53 Å². The summed E-state index contributed by atoms with van der Waals surface area (Å²) in [7, 11) is 1.68. The number of aromatic nitrogens is 1. The number of halogens is 2. The van der Waals surface area contributed by atoms with Crippen LogP contribution in [0, 0.1) is 5.82 Å². The number of rotatable bonds is 4. The third-order valence-electron chi connectivity index (χ3n) is 3.99. The standard InChI is InChI=1S/C16H13BrFN3O2.C3H8O/c1-9(8-22)21-15(10-4-2-3-5-11(10)18)19-12-6-7-13(17)20-14(12)16(21)23;1-3-4-2/h2-9,15,19H,1H3;3H2,1-2H3. The first-order valence-corrected chi connectivity index (χ1v) is 9.18. The maximum Gasteiger partial charge on any atom is 0.277 e. The van der Waals surface area contributed by atoms with Gasteiger partial charge >= 0.3 is 0 Å². The monoisotopic (exact) mass is 437 g/mol. The molecule has 1 N–H and O–H groups in total. The van der Waals surface area contributed by atoms with E-state index in [9.17, 15) is 14.0 Å². The Hall–Kier alpha value is -2.32. The van der Waals surface area contributed by atoms with Crippen molar-refractivity contribution in [2.45, 2.75) is 26.1 Å². The number of benzene rings is 1. The number of pyridine rings is 1. The molecule has 144 valence electrons. The lowest BCUT2D eigenvalue weighted by Gasteiger charge is -2.39. The molecule has 0 saturated carbocycles. The number of anilines is 1. The molecule has 1 aliphatic rings. The van der Waals surface area contributed by atoms with E-state index in [1.165, 1.54) is 11.0 Å². The highest BCUT2D eigenvalue weighted by molar-refractivity contribution is 9.10. The van der Waals surface area contributed by atoms with Crippen LogP contribution in [0.15, 0.2) is 41.0 Å². The summed E-state index contributed by atoms with van der Waals surface area (Å²) in [6.45, 7) is 4.36. The third-order valence-corrected chi connectivity index (χ3v) is 4.43. The number of aldehydes is 1. The second-order valence-electron chi connectivity index (χ2n) is 5.76. The molecule has 2 atom stereocenters. The van der Waals surface area contributed by atoms with E-state index in [0.29, 0.717) is 22.1 Å². The number of amides is 1. The van der Waals surface area contributed by atoms with Gasteiger partial charge in [0.05, 0.1) is 11.7 Å². The Morgan fingerprint density at radius 3 is 2.63 bits per heavy atom. The maximum absolute atomic E-state index is 14.2. The molecule has 0 saturated heterocycles. The summed E-state index contributed by atoms with van der Waals surface area (Å²) in [6, 6.07) is 8.82. The molecule has 2 aromatic rings. The fourth-order valence-electron chi connectivity index (χ4n) is 2.58. The second-order valence-corrected chi connectivity index (χ2v) is 6.58. The molecule has 8 heteroatoms. The fraction of sp³-hybridized carbons (Fsp3) is 0.316. The van der Waals surface area contributed by atoms with E-state index in [1.54, 1.807) is 44.4 Å². The number of nitrogens with zero attached hydrogens (tertiary/aromatic N) is 2. The molecule has 0 aliphatic carbocycles. The van der Waals surface area contributed by atoms with Crippen molar-refractivity contribution in [3.63, 3.8) is 0 Å². The first kappa shape index (κ1) is 21.0. The zero-order valence-corrected chi connectivity index (χ0v) is 16.9.